The number of carbonyl (C=O) groups is 1. The van der Waals surface area contributed by atoms with Crippen LogP contribution in [0.3, 0.4) is 0 Å². The molecular weight excluding hydrogens is 300 g/mol. The van der Waals surface area contributed by atoms with E-state index >= 15 is 0 Å². The van der Waals surface area contributed by atoms with Gasteiger partial charge in [0, 0.05) is 39.3 Å². The number of fused-ring (bicyclic) bond motifs is 1. The smallest absolute Gasteiger partial charge is 0.263 e. The number of likely N-dealkylation sites (tertiary alicyclic amines) is 1. The predicted molar refractivity (Wildman–Crippen MR) is 86.4 cm³/mol. The molecule has 1 aromatic heterocycles. The fourth-order valence-electron chi connectivity index (χ4n) is 3.41. The normalized spacial score (nSPS) is 26.5. The van der Waals surface area contributed by atoms with E-state index in [4.69, 9.17) is 9.47 Å². The fraction of sp³-hybridized carbons (Fsp3) is 0.688. The predicted octanol–water partition coefficient (Wildman–Crippen LogP) is 1.70. The van der Waals surface area contributed by atoms with Crippen LogP contribution in [-0.2, 0) is 9.47 Å². The topological polar surface area (TPSA) is 42.0 Å². The lowest BCUT2D eigenvalue weighted by molar-refractivity contribution is -0.0761. The molecule has 0 radical (unpaired) electrons. The third-order valence-corrected chi connectivity index (χ3v) is 5.45. The van der Waals surface area contributed by atoms with E-state index in [1.807, 2.05) is 22.4 Å². The number of ether oxygens (including phenoxy) is 2. The lowest BCUT2D eigenvalue weighted by Gasteiger charge is -2.40. The quantitative estimate of drug-likeness (QED) is 0.845. The van der Waals surface area contributed by atoms with Crippen molar-refractivity contribution in [3.63, 3.8) is 0 Å². The maximum atomic E-state index is 12.5. The van der Waals surface area contributed by atoms with E-state index in [2.05, 4.69) is 4.90 Å². The largest absolute Gasteiger partial charge is 0.383 e. The molecule has 1 aromatic rings. The Hall–Kier alpha value is -0.950. The summed E-state index contributed by atoms with van der Waals surface area (Å²) in [5.41, 5.74) is 0. The van der Waals surface area contributed by atoms with E-state index in [0.717, 1.165) is 57.1 Å². The van der Waals surface area contributed by atoms with Crippen LogP contribution in [-0.4, -0.2) is 74.4 Å². The van der Waals surface area contributed by atoms with Crippen LogP contribution in [0.25, 0.3) is 0 Å². The van der Waals surface area contributed by atoms with E-state index in [9.17, 15) is 4.79 Å². The Morgan fingerprint density at radius 1 is 1.41 bits per heavy atom. The lowest BCUT2D eigenvalue weighted by atomic mass is 10.0. The van der Waals surface area contributed by atoms with E-state index in [-0.39, 0.29) is 12.0 Å². The molecule has 0 N–H and O–H groups in total. The average Bonchev–Trinajstić information content (AvgIpc) is 2.99. The summed E-state index contributed by atoms with van der Waals surface area (Å²) in [6, 6.07) is 4.25. The Labute approximate surface area is 135 Å². The second kappa shape index (κ2) is 7.55. The summed E-state index contributed by atoms with van der Waals surface area (Å²) in [6.45, 7) is 5.04. The van der Waals surface area contributed by atoms with E-state index in [0.29, 0.717) is 6.04 Å². The van der Waals surface area contributed by atoms with Gasteiger partial charge in [0.05, 0.1) is 24.2 Å². The number of carbonyl (C=O) groups excluding carboxylic acids is 1. The van der Waals surface area contributed by atoms with Crippen LogP contribution >= 0.6 is 11.3 Å². The van der Waals surface area contributed by atoms with Crippen molar-refractivity contribution < 1.29 is 14.3 Å². The number of hydrogen-bond acceptors (Lipinski definition) is 5. The van der Waals surface area contributed by atoms with Crippen LogP contribution < -0.4 is 0 Å². The van der Waals surface area contributed by atoms with Crippen LogP contribution in [0.5, 0.6) is 0 Å². The van der Waals surface area contributed by atoms with Crippen molar-refractivity contribution in [2.45, 2.75) is 25.0 Å². The molecule has 0 saturated carbocycles. The number of morpholine rings is 1. The highest BCUT2D eigenvalue weighted by molar-refractivity contribution is 7.12. The molecular formula is C16H24N2O3S. The van der Waals surface area contributed by atoms with Gasteiger partial charge in [0.25, 0.3) is 5.91 Å². The highest BCUT2D eigenvalue weighted by Crippen LogP contribution is 2.25. The summed E-state index contributed by atoms with van der Waals surface area (Å²) < 4.78 is 11.2. The van der Waals surface area contributed by atoms with Gasteiger partial charge in [-0.05, 0) is 24.3 Å². The minimum Gasteiger partial charge on any atom is -0.383 e. The fourth-order valence-corrected chi connectivity index (χ4v) is 4.10. The number of methoxy groups -OCH3 is 1. The first kappa shape index (κ1) is 15.9. The molecule has 0 aromatic carbocycles. The van der Waals surface area contributed by atoms with Crippen molar-refractivity contribution in [1.29, 1.82) is 0 Å². The van der Waals surface area contributed by atoms with Gasteiger partial charge in [-0.1, -0.05) is 6.07 Å². The third-order valence-electron chi connectivity index (χ3n) is 4.59. The van der Waals surface area contributed by atoms with Gasteiger partial charge in [0.15, 0.2) is 0 Å². The maximum absolute atomic E-state index is 12.5. The molecule has 2 saturated heterocycles. The minimum absolute atomic E-state index is 0.164. The molecule has 2 aliphatic rings. The van der Waals surface area contributed by atoms with Gasteiger partial charge in [-0.25, -0.2) is 0 Å². The van der Waals surface area contributed by atoms with Gasteiger partial charge in [-0.3, -0.25) is 9.69 Å². The monoisotopic (exact) mass is 324 g/mol. The van der Waals surface area contributed by atoms with Gasteiger partial charge in [0.1, 0.15) is 0 Å². The molecule has 0 aliphatic carbocycles. The summed E-state index contributed by atoms with van der Waals surface area (Å²) in [7, 11) is 1.74. The van der Waals surface area contributed by atoms with E-state index < -0.39 is 0 Å². The van der Waals surface area contributed by atoms with Crippen LogP contribution in [0, 0.1) is 0 Å². The highest BCUT2D eigenvalue weighted by Gasteiger charge is 2.35. The van der Waals surface area contributed by atoms with Crippen LogP contribution in [0.2, 0.25) is 0 Å². The van der Waals surface area contributed by atoms with Crippen LogP contribution in [0.1, 0.15) is 22.5 Å². The van der Waals surface area contributed by atoms with Gasteiger partial charge in [-0.2, -0.15) is 0 Å². The third kappa shape index (κ3) is 3.51. The zero-order chi connectivity index (χ0) is 15.4. The number of hydrogen-bond donors (Lipinski definition) is 0. The van der Waals surface area contributed by atoms with Gasteiger partial charge in [0.2, 0.25) is 0 Å². The molecule has 6 heteroatoms. The molecule has 0 spiro atoms. The molecule has 2 atom stereocenters. The highest BCUT2D eigenvalue weighted by atomic mass is 32.1. The Morgan fingerprint density at radius 3 is 3.05 bits per heavy atom. The Morgan fingerprint density at radius 2 is 2.27 bits per heavy atom. The minimum atomic E-state index is 0.164. The zero-order valence-electron chi connectivity index (χ0n) is 13.1. The summed E-state index contributed by atoms with van der Waals surface area (Å²) in [5.74, 6) is 0.164. The molecule has 1 amide bonds. The molecule has 3 heterocycles. The molecule has 122 valence electrons. The molecule has 0 unspecified atom stereocenters. The van der Waals surface area contributed by atoms with Crippen molar-refractivity contribution >= 4 is 17.2 Å². The first-order chi connectivity index (χ1) is 10.8. The van der Waals surface area contributed by atoms with E-state index in [1.54, 1.807) is 7.11 Å². The van der Waals surface area contributed by atoms with Crippen LogP contribution in [0.15, 0.2) is 17.5 Å². The van der Waals surface area contributed by atoms with Gasteiger partial charge < -0.3 is 14.4 Å². The Balaban J connectivity index is 1.64. The standard InChI is InChI=1S/C16H24N2O3S/c1-20-10-8-17-9-11-21-14-5-7-18(6-4-13(14)17)16(19)15-3-2-12-22-15/h2-3,12-14H,4-11H2,1H3/t13-,14-/m0/s1. The molecule has 3 rings (SSSR count). The summed E-state index contributed by atoms with van der Waals surface area (Å²) in [4.78, 5) is 17.8. The lowest BCUT2D eigenvalue weighted by Crippen LogP contribution is -2.52. The molecule has 2 aliphatic heterocycles. The summed E-state index contributed by atoms with van der Waals surface area (Å²) in [6.07, 6.45) is 2.14. The van der Waals surface area contributed by atoms with Crippen molar-refractivity contribution in [3.8, 4) is 0 Å². The van der Waals surface area contributed by atoms with Gasteiger partial charge >= 0.3 is 0 Å². The molecule has 0 bridgehead atoms. The SMILES string of the molecule is COCCN1CCO[C@H]2CCN(C(=O)c3cccs3)CC[C@@H]21. The second-order valence-corrected chi connectivity index (χ2v) is 6.80. The number of amides is 1. The van der Waals surface area contributed by atoms with Gasteiger partial charge in [-0.15, -0.1) is 11.3 Å². The van der Waals surface area contributed by atoms with Crippen molar-refractivity contribution in [2.24, 2.45) is 0 Å². The van der Waals surface area contributed by atoms with Crippen molar-refractivity contribution in [1.82, 2.24) is 9.80 Å². The average molecular weight is 324 g/mol. The molecule has 5 nitrogen and oxygen atoms in total. The maximum Gasteiger partial charge on any atom is 0.263 e. The number of thiophene rings is 1. The summed E-state index contributed by atoms with van der Waals surface area (Å²) >= 11 is 1.52. The zero-order valence-corrected chi connectivity index (χ0v) is 13.9. The number of rotatable bonds is 4. The number of nitrogens with zero attached hydrogens (tertiary/aromatic N) is 2. The Bertz CT molecular complexity index is 480. The Kier molecular flexibility index (Phi) is 5.46. The first-order valence-corrected chi connectivity index (χ1v) is 8.85. The second-order valence-electron chi connectivity index (χ2n) is 5.85. The molecule has 2 fully saturated rings. The first-order valence-electron chi connectivity index (χ1n) is 7.97. The van der Waals surface area contributed by atoms with E-state index in [1.165, 1.54) is 11.3 Å². The van der Waals surface area contributed by atoms with Crippen molar-refractivity contribution in [3.05, 3.63) is 22.4 Å². The summed E-state index contributed by atoms with van der Waals surface area (Å²) in [5, 5.41) is 1.96. The molecule has 22 heavy (non-hydrogen) atoms. The van der Waals surface area contributed by atoms with Crippen LogP contribution in [0.4, 0.5) is 0 Å². The van der Waals surface area contributed by atoms with Crippen molar-refractivity contribution in [2.75, 3.05) is 46.5 Å².